The van der Waals surface area contributed by atoms with Gasteiger partial charge in [-0.15, -0.1) is 0 Å². The first kappa shape index (κ1) is 21.8. The molecule has 1 aromatic rings. The standard InChI is InChI=1S/C22H30N4O4/c27-19-8-4-12-25(19)13-5-11-23-21(29)18-9-14-26(15-10-18)20(28)16-24-22(30)17-6-2-1-3-7-17/h1-3,6-7,18H,4-5,8-16H2,(H,23,29)(H,24,30). The van der Waals surface area contributed by atoms with Crippen molar-refractivity contribution in [1.82, 2.24) is 20.4 Å². The van der Waals surface area contributed by atoms with E-state index in [1.54, 1.807) is 29.2 Å². The van der Waals surface area contributed by atoms with E-state index in [-0.39, 0.29) is 36.1 Å². The highest BCUT2D eigenvalue weighted by Crippen LogP contribution is 2.17. The van der Waals surface area contributed by atoms with Gasteiger partial charge in [-0.3, -0.25) is 19.2 Å². The van der Waals surface area contributed by atoms with Gasteiger partial charge in [-0.2, -0.15) is 0 Å². The fourth-order valence-electron chi connectivity index (χ4n) is 3.92. The molecule has 0 spiro atoms. The Kier molecular flexibility index (Phi) is 7.82. The summed E-state index contributed by atoms with van der Waals surface area (Å²) >= 11 is 0. The van der Waals surface area contributed by atoms with Crippen LogP contribution >= 0.6 is 0 Å². The minimum Gasteiger partial charge on any atom is -0.356 e. The molecule has 2 aliphatic heterocycles. The van der Waals surface area contributed by atoms with Crippen molar-refractivity contribution in [2.45, 2.75) is 32.1 Å². The fraction of sp³-hybridized carbons (Fsp3) is 0.545. The number of nitrogens with zero attached hydrogens (tertiary/aromatic N) is 2. The first-order valence-electron chi connectivity index (χ1n) is 10.7. The van der Waals surface area contributed by atoms with Crippen molar-refractivity contribution in [1.29, 1.82) is 0 Å². The van der Waals surface area contributed by atoms with Gasteiger partial charge in [0, 0.05) is 50.6 Å². The molecule has 3 rings (SSSR count). The molecule has 2 heterocycles. The lowest BCUT2D eigenvalue weighted by molar-refractivity contribution is -0.134. The molecule has 0 atom stereocenters. The van der Waals surface area contributed by atoms with Gasteiger partial charge < -0.3 is 20.4 Å². The number of nitrogens with one attached hydrogen (secondary N) is 2. The van der Waals surface area contributed by atoms with Crippen LogP contribution in [0.3, 0.4) is 0 Å². The summed E-state index contributed by atoms with van der Waals surface area (Å²) in [5.41, 5.74) is 0.523. The molecule has 30 heavy (non-hydrogen) atoms. The molecule has 8 nitrogen and oxygen atoms in total. The molecule has 0 saturated carbocycles. The molecular formula is C22H30N4O4. The van der Waals surface area contributed by atoms with Crippen LogP contribution in [0.5, 0.6) is 0 Å². The van der Waals surface area contributed by atoms with Gasteiger partial charge in [0.2, 0.25) is 17.7 Å². The number of amides is 4. The lowest BCUT2D eigenvalue weighted by Crippen LogP contribution is -2.46. The average Bonchev–Trinajstić information content (AvgIpc) is 3.20. The first-order valence-corrected chi connectivity index (χ1v) is 10.7. The van der Waals surface area contributed by atoms with E-state index in [0.717, 1.165) is 19.4 Å². The largest absolute Gasteiger partial charge is 0.356 e. The third kappa shape index (κ3) is 6.05. The minimum absolute atomic E-state index is 0.0206. The zero-order chi connectivity index (χ0) is 21.3. The van der Waals surface area contributed by atoms with Crippen LogP contribution in [0.1, 0.15) is 42.5 Å². The molecule has 0 radical (unpaired) electrons. The molecule has 0 unspecified atom stereocenters. The minimum atomic E-state index is -0.270. The molecule has 1 aromatic carbocycles. The molecule has 0 aliphatic carbocycles. The summed E-state index contributed by atoms with van der Waals surface area (Å²) < 4.78 is 0. The molecular weight excluding hydrogens is 384 g/mol. The molecule has 2 fully saturated rings. The Hall–Kier alpha value is -2.90. The number of hydrogen-bond donors (Lipinski definition) is 2. The molecule has 0 aromatic heterocycles. The predicted molar refractivity (Wildman–Crippen MR) is 112 cm³/mol. The Morgan fingerprint density at radius 1 is 1.00 bits per heavy atom. The van der Waals surface area contributed by atoms with Gasteiger partial charge in [-0.25, -0.2) is 0 Å². The lowest BCUT2D eigenvalue weighted by atomic mass is 9.96. The molecule has 2 saturated heterocycles. The van der Waals surface area contributed by atoms with Crippen LogP contribution < -0.4 is 10.6 Å². The van der Waals surface area contributed by atoms with Gasteiger partial charge in [0.15, 0.2) is 0 Å². The van der Waals surface area contributed by atoms with Crippen molar-refractivity contribution in [3.8, 4) is 0 Å². The van der Waals surface area contributed by atoms with Crippen molar-refractivity contribution in [3.05, 3.63) is 35.9 Å². The summed E-state index contributed by atoms with van der Waals surface area (Å²) in [6, 6.07) is 8.79. The number of likely N-dealkylation sites (tertiary alicyclic amines) is 2. The summed E-state index contributed by atoms with van der Waals surface area (Å²) in [4.78, 5) is 51.9. The van der Waals surface area contributed by atoms with Crippen LogP contribution in [-0.2, 0) is 14.4 Å². The second kappa shape index (κ2) is 10.8. The number of carbonyl (C=O) groups excluding carboxylic acids is 4. The number of rotatable bonds is 8. The third-order valence-corrected chi connectivity index (χ3v) is 5.73. The first-order chi connectivity index (χ1) is 14.5. The Morgan fingerprint density at radius 3 is 2.40 bits per heavy atom. The van der Waals surface area contributed by atoms with Gasteiger partial charge in [-0.1, -0.05) is 18.2 Å². The Morgan fingerprint density at radius 2 is 1.73 bits per heavy atom. The van der Waals surface area contributed by atoms with Crippen molar-refractivity contribution in [3.63, 3.8) is 0 Å². The Labute approximate surface area is 177 Å². The van der Waals surface area contributed by atoms with Gasteiger partial charge in [0.05, 0.1) is 6.54 Å². The molecule has 0 bridgehead atoms. The van der Waals surface area contributed by atoms with E-state index in [0.29, 0.717) is 51.0 Å². The van der Waals surface area contributed by atoms with Crippen LogP contribution in [0.4, 0.5) is 0 Å². The second-order valence-electron chi connectivity index (χ2n) is 7.83. The summed E-state index contributed by atoms with van der Waals surface area (Å²) in [7, 11) is 0. The molecule has 162 valence electrons. The summed E-state index contributed by atoms with van der Waals surface area (Å²) in [6.07, 6.45) is 3.57. The summed E-state index contributed by atoms with van der Waals surface area (Å²) in [5.74, 6) is -0.269. The van der Waals surface area contributed by atoms with Crippen molar-refractivity contribution < 1.29 is 19.2 Å². The van der Waals surface area contributed by atoms with Gasteiger partial charge in [0.25, 0.3) is 5.91 Å². The number of benzene rings is 1. The number of piperidine rings is 1. The highest BCUT2D eigenvalue weighted by molar-refractivity contribution is 5.96. The second-order valence-corrected chi connectivity index (χ2v) is 7.83. The Balaban J connectivity index is 1.30. The zero-order valence-electron chi connectivity index (χ0n) is 17.3. The quantitative estimate of drug-likeness (QED) is 0.614. The maximum atomic E-state index is 12.4. The van der Waals surface area contributed by atoms with E-state index in [2.05, 4.69) is 10.6 Å². The Bertz CT molecular complexity index is 760. The zero-order valence-corrected chi connectivity index (χ0v) is 17.3. The number of carbonyl (C=O) groups is 4. The lowest BCUT2D eigenvalue weighted by Gasteiger charge is -2.31. The van der Waals surface area contributed by atoms with E-state index < -0.39 is 0 Å². The SMILES string of the molecule is O=C(NCC(=O)N1CCC(C(=O)NCCCN2CCCC2=O)CC1)c1ccccc1. The van der Waals surface area contributed by atoms with E-state index >= 15 is 0 Å². The van der Waals surface area contributed by atoms with Crippen molar-refractivity contribution in [2.75, 3.05) is 39.3 Å². The van der Waals surface area contributed by atoms with Gasteiger partial charge in [-0.05, 0) is 37.8 Å². The maximum absolute atomic E-state index is 12.4. The van der Waals surface area contributed by atoms with Crippen LogP contribution in [0, 0.1) is 5.92 Å². The van der Waals surface area contributed by atoms with E-state index in [1.807, 2.05) is 11.0 Å². The van der Waals surface area contributed by atoms with Crippen LogP contribution in [0.25, 0.3) is 0 Å². The number of hydrogen-bond acceptors (Lipinski definition) is 4. The topological polar surface area (TPSA) is 98.8 Å². The molecule has 2 aliphatic rings. The predicted octanol–water partition coefficient (Wildman–Crippen LogP) is 0.784. The van der Waals surface area contributed by atoms with Crippen LogP contribution in [-0.4, -0.2) is 72.7 Å². The fourth-order valence-corrected chi connectivity index (χ4v) is 3.92. The summed E-state index contributed by atoms with van der Waals surface area (Å²) in [5, 5.41) is 5.61. The van der Waals surface area contributed by atoms with E-state index in [4.69, 9.17) is 0 Å². The summed E-state index contributed by atoms with van der Waals surface area (Å²) in [6.45, 7) is 3.07. The molecule has 2 N–H and O–H groups in total. The van der Waals surface area contributed by atoms with E-state index in [9.17, 15) is 19.2 Å². The smallest absolute Gasteiger partial charge is 0.251 e. The van der Waals surface area contributed by atoms with Crippen LogP contribution in [0.2, 0.25) is 0 Å². The highest BCUT2D eigenvalue weighted by atomic mass is 16.2. The van der Waals surface area contributed by atoms with Gasteiger partial charge in [0.1, 0.15) is 0 Å². The van der Waals surface area contributed by atoms with Crippen molar-refractivity contribution in [2.24, 2.45) is 5.92 Å². The van der Waals surface area contributed by atoms with Crippen LogP contribution in [0.15, 0.2) is 30.3 Å². The average molecular weight is 415 g/mol. The van der Waals surface area contributed by atoms with E-state index in [1.165, 1.54) is 0 Å². The molecule has 8 heteroatoms. The monoisotopic (exact) mass is 414 g/mol. The third-order valence-electron chi connectivity index (χ3n) is 5.73. The maximum Gasteiger partial charge on any atom is 0.251 e. The highest BCUT2D eigenvalue weighted by Gasteiger charge is 2.27. The molecule has 4 amide bonds. The van der Waals surface area contributed by atoms with Crippen molar-refractivity contribution >= 4 is 23.6 Å². The normalized spacial score (nSPS) is 17.1. The van der Waals surface area contributed by atoms with Gasteiger partial charge >= 0.3 is 0 Å².